The molecule has 0 saturated carbocycles. The Bertz CT molecular complexity index is 884. The van der Waals surface area contributed by atoms with Gasteiger partial charge in [0.2, 0.25) is 0 Å². The van der Waals surface area contributed by atoms with E-state index < -0.39 is 5.82 Å². The van der Waals surface area contributed by atoms with Crippen molar-refractivity contribution in [3.05, 3.63) is 54.1 Å². The number of aromatic nitrogens is 1. The average Bonchev–Trinajstić information content (AvgIpc) is 2.80. The molecular formula is C24H29FN2O4. The van der Waals surface area contributed by atoms with Crippen molar-refractivity contribution >= 4 is 5.91 Å². The number of halogens is 1. The van der Waals surface area contributed by atoms with Gasteiger partial charge in [-0.3, -0.25) is 9.78 Å². The summed E-state index contributed by atoms with van der Waals surface area (Å²) in [7, 11) is 1.41. The normalized spacial score (nSPS) is 20.5. The number of carbonyl (C=O) groups is 1. The highest BCUT2D eigenvalue weighted by molar-refractivity contribution is 5.94. The number of carbonyl (C=O) groups excluding carboxylic acids is 1. The molecule has 0 N–H and O–H groups in total. The van der Waals surface area contributed by atoms with Crippen molar-refractivity contribution in [1.29, 1.82) is 0 Å². The van der Waals surface area contributed by atoms with E-state index in [2.05, 4.69) is 4.98 Å². The summed E-state index contributed by atoms with van der Waals surface area (Å²) in [5, 5.41) is 0. The van der Waals surface area contributed by atoms with E-state index >= 15 is 0 Å². The number of benzene rings is 1. The molecule has 6 nitrogen and oxygen atoms in total. The van der Waals surface area contributed by atoms with Gasteiger partial charge in [0.15, 0.2) is 11.6 Å². The Hall–Kier alpha value is -2.67. The lowest BCUT2D eigenvalue weighted by Gasteiger charge is -2.46. The van der Waals surface area contributed by atoms with Crippen molar-refractivity contribution in [2.24, 2.45) is 5.92 Å². The second-order valence-corrected chi connectivity index (χ2v) is 8.35. The van der Waals surface area contributed by atoms with E-state index in [4.69, 9.17) is 14.2 Å². The Balaban J connectivity index is 1.28. The third-order valence-corrected chi connectivity index (χ3v) is 6.40. The summed E-state index contributed by atoms with van der Waals surface area (Å²) in [4.78, 5) is 18.6. The highest BCUT2D eigenvalue weighted by Crippen LogP contribution is 2.39. The van der Waals surface area contributed by atoms with E-state index in [-0.39, 0.29) is 17.3 Å². The number of pyridine rings is 1. The average molecular weight is 429 g/mol. The van der Waals surface area contributed by atoms with Crippen LogP contribution in [0.1, 0.15) is 42.5 Å². The third kappa shape index (κ3) is 5.15. The van der Waals surface area contributed by atoms with Crippen molar-refractivity contribution in [1.82, 2.24) is 9.88 Å². The fourth-order valence-corrected chi connectivity index (χ4v) is 4.60. The molecule has 0 aliphatic carbocycles. The maximum Gasteiger partial charge on any atom is 0.253 e. The van der Waals surface area contributed by atoms with Crippen LogP contribution in [0.5, 0.6) is 11.5 Å². The molecule has 31 heavy (non-hydrogen) atoms. The van der Waals surface area contributed by atoms with Gasteiger partial charge in [-0.05, 0) is 68.4 Å². The maximum absolute atomic E-state index is 14.0. The Kier molecular flexibility index (Phi) is 6.70. The molecule has 1 aromatic carbocycles. The van der Waals surface area contributed by atoms with E-state index in [9.17, 15) is 9.18 Å². The molecule has 0 radical (unpaired) electrons. The maximum atomic E-state index is 14.0. The lowest BCUT2D eigenvalue weighted by Crippen LogP contribution is -2.50. The van der Waals surface area contributed by atoms with Crippen LogP contribution in [-0.4, -0.2) is 54.8 Å². The first-order valence-electron chi connectivity index (χ1n) is 10.9. The second-order valence-electron chi connectivity index (χ2n) is 8.35. The first-order chi connectivity index (χ1) is 15.1. The highest BCUT2D eigenvalue weighted by atomic mass is 19.1. The predicted octanol–water partition coefficient (Wildman–Crippen LogP) is 4.10. The van der Waals surface area contributed by atoms with Gasteiger partial charge in [-0.25, -0.2) is 4.39 Å². The molecule has 7 heteroatoms. The monoisotopic (exact) mass is 428 g/mol. The zero-order valence-corrected chi connectivity index (χ0v) is 17.9. The van der Waals surface area contributed by atoms with Crippen LogP contribution in [-0.2, 0) is 4.74 Å². The quantitative estimate of drug-likeness (QED) is 0.693. The van der Waals surface area contributed by atoms with Crippen molar-refractivity contribution in [2.75, 3.05) is 33.4 Å². The molecule has 1 unspecified atom stereocenters. The number of hydrogen-bond donors (Lipinski definition) is 0. The SMILES string of the molecule is COc1ccc(C(=O)N2CCC3(CC2)CC(CCOc2ccncc2)CCO3)cc1F. The molecule has 2 aliphatic heterocycles. The molecule has 4 rings (SSSR count). The number of amides is 1. The van der Waals surface area contributed by atoms with Gasteiger partial charge >= 0.3 is 0 Å². The number of ether oxygens (including phenoxy) is 3. The molecule has 166 valence electrons. The van der Waals surface area contributed by atoms with Gasteiger partial charge in [0, 0.05) is 37.7 Å². The minimum absolute atomic E-state index is 0.142. The summed E-state index contributed by atoms with van der Waals surface area (Å²) in [6.45, 7) is 2.66. The fraction of sp³-hybridized carbons (Fsp3) is 0.500. The summed E-state index contributed by atoms with van der Waals surface area (Å²) in [6.07, 6.45) is 8.09. The number of piperidine rings is 1. The number of rotatable bonds is 6. The molecule has 1 spiro atoms. The van der Waals surface area contributed by atoms with Gasteiger partial charge in [0.05, 0.1) is 19.3 Å². The Morgan fingerprint density at radius 2 is 2.03 bits per heavy atom. The van der Waals surface area contributed by atoms with Crippen molar-refractivity contribution in [2.45, 2.75) is 37.7 Å². The van der Waals surface area contributed by atoms with Gasteiger partial charge in [-0.1, -0.05) is 0 Å². The summed E-state index contributed by atoms with van der Waals surface area (Å²) in [5.74, 6) is 0.875. The van der Waals surface area contributed by atoms with Crippen LogP contribution in [0.15, 0.2) is 42.7 Å². The third-order valence-electron chi connectivity index (χ3n) is 6.40. The number of nitrogens with zero attached hydrogens (tertiary/aromatic N) is 2. The van der Waals surface area contributed by atoms with E-state index in [1.165, 1.54) is 19.2 Å². The Morgan fingerprint density at radius 1 is 1.26 bits per heavy atom. The van der Waals surface area contributed by atoms with Crippen LogP contribution >= 0.6 is 0 Å². The molecule has 2 fully saturated rings. The zero-order valence-electron chi connectivity index (χ0n) is 17.9. The van der Waals surface area contributed by atoms with E-state index in [1.54, 1.807) is 23.4 Å². The highest BCUT2D eigenvalue weighted by Gasteiger charge is 2.41. The molecule has 2 aliphatic rings. The van der Waals surface area contributed by atoms with Crippen LogP contribution in [0.4, 0.5) is 4.39 Å². The van der Waals surface area contributed by atoms with Gasteiger partial charge in [-0.2, -0.15) is 0 Å². The Morgan fingerprint density at radius 3 is 2.74 bits per heavy atom. The topological polar surface area (TPSA) is 60.9 Å². The van der Waals surface area contributed by atoms with Crippen LogP contribution < -0.4 is 9.47 Å². The molecular weight excluding hydrogens is 399 g/mol. The summed E-state index contributed by atoms with van der Waals surface area (Å²) < 4.78 is 31.0. The smallest absolute Gasteiger partial charge is 0.253 e. The molecule has 2 aromatic rings. The number of methoxy groups -OCH3 is 1. The number of hydrogen-bond acceptors (Lipinski definition) is 5. The summed E-state index contributed by atoms with van der Waals surface area (Å²) in [5.41, 5.74) is 0.187. The van der Waals surface area contributed by atoms with Crippen molar-refractivity contribution in [3.8, 4) is 11.5 Å². The first-order valence-corrected chi connectivity index (χ1v) is 10.9. The van der Waals surface area contributed by atoms with Gasteiger partial charge in [-0.15, -0.1) is 0 Å². The van der Waals surface area contributed by atoms with Crippen LogP contribution in [0, 0.1) is 11.7 Å². The van der Waals surface area contributed by atoms with Gasteiger partial charge in [0.25, 0.3) is 5.91 Å². The molecule has 1 amide bonds. The minimum Gasteiger partial charge on any atom is -0.494 e. The largest absolute Gasteiger partial charge is 0.494 e. The number of likely N-dealkylation sites (tertiary alicyclic amines) is 1. The standard InChI is InChI=1S/C24H29FN2O4/c1-29-22-3-2-19(16-21(22)25)23(28)27-12-8-24(9-13-27)17-18(7-15-31-24)6-14-30-20-4-10-26-11-5-20/h2-5,10-11,16,18H,6-9,12-15,17H2,1H3. The van der Waals surface area contributed by atoms with Crippen molar-refractivity contribution in [3.63, 3.8) is 0 Å². The molecule has 2 saturated heterocycles. The second kappa shape index (κ2) is 9.64. The van der Waals surface area contributed by atoms with Crippen molar-refractivity contribution < 1.29 is 23.4 Å². The minimum atomic E-state index is -0.519. The van der Waals surface area contributed by atoms with E-state index in [0.29, 0.717) is 31.2 Å². The Labute approximate surface area is 182 Å². The summed E-state index contributed by atoms with van der Waals surface area (Å²) >= 11 is 0. The molecule has 1 aromatic heterocycles. The van der Waals surface area contributed by atoms with E-state index in [1.807, 2.05) is 12.1 Å². The van der Waals surface area contributed by atoms with E-state index in [0.717, 1.165) is 44.5 Å². The van der Waals surface area contributed by atoms with Gasteiger partial charge < -0.3 is 19.1 Å². The lowest BCUT2D eigenvalue weighted by atomic mass is 9.78. The van der Waals surface area contributed by atoms with Crippen LogP contribution in [0.25, 0.3) is 0 Å². The molecule has 3 heterocycles. The first kappa shape index (κ1) is 21.6. The van der Waals surface area contributed by atoms with Crippen LogP contribution in [0.3, 0.4) is 0 Å². The predicted molar refractivity (Wildman–Crippen MR) is 114 cm³/mol. The van der Waals surface area contributed by atoms with Gasteiger partial charge in [0.1, 0.15) is 5.75 Å². The van der Waals surface area contributed by atoms with Crippen LogP contribution in [0.2, 0.25) is 0 Å². The summed E-state index contributed by atoms with van der Waals surface area (Å²) in [6, 6.07) is 8.10. The molecule has 0 bridgehead atoms. The molecule has 1 atom stereocenters. The zero-order chi connectivity index (χ0) is 21.7. The fourth-order valence-electron chi connectivity index (χ4n) is 4.60. The lowest BCUT2D eigenvalue weighted by molar-refractivity contribution is -0.125.